The first-order chi connectivity index (χ1) is 3.29. The number of rotatable bonds is 0. The summed E-state index contributed by atoms with van der Waals surface area (Å²) in [7, 11) is 0. The Morgan fingerprint density at radius 2 is 2.57 bits per heavy atom. The van der Waals surface area contributed by atoms with Gasteiger partial charge in [0.05, 0.1) is 6.20 Å². The predicted molar refractivity (Wildman–Crippen MR) is 27.1 cm³/mol. The lowest BCUT2D eigenvalue weighted by molar-refractivity contribution is 0.148. The smallest absolute Gasteiger partial charge is 0.131 e. The molecule has 1 heterocycles. The maximum absolute atomic E-state index is 8.43. The predicted octanol–water partition coefficient (Wildman–Crippen LogP) is 0.883. The van der Waals surface area contributed by atoms with E-state index in [4.69, 9.17) is 5.21 Å². The molecule has 0 fully saturated rings. The van der Waals surface area contributed by atoms with Gasteiger partial charge in [-0.1, -0.05) is 0 Å². The first-order valence-corrected chi connectivity index (χ1v) is 2.49. The first-order valence-electron chi connectivity index (χ1n) is 1.69. The highest BCUT2D eigenvalue weighted by Crippen LogP contribution is 2.01. The fraction of sp³-hybridized carbons (Fsp3) is 0. The molecule has 0 radical (unpaired) electrons. The van der Waals surface area contributed by atoms with Crippen LogP contribution in [0.2, 0.25) is 0 Å². The summed E-state index contributed by atoms with van der Waals surface area (Å²) in [6, 6.07) is 1.64. The average Bonchev–Trinajstić information content (AvgIpc) is 1.87. The van der Waals surface area contributed by atoms with Gasteiger partial charge in [0.1, 0.15) is 4.60 Å². The van der Waals surface area contributed by atoms with E-state index in [0.29, 0.717) is 4.60 Å². The molecule has 3 nitrogen and oxygen atoms in total. The molecule has 0 aliphatic carbocycles. The molecule has 1 N–H and O–H groups in total. The molecule has 0 amide bonds. The van der Waals surface area contributed by atoms with Gasteiger partial charge in [-0.3, -0.25) is 0 Å². The minimum Gasteiger partial charge on any atom is -0.412 e. The molecule has 7 heavy (non-hydrogen) atoms. The zero-order chi connectivity index (χ0) is 5.28. The van der Waals surface area contributed by atoms with Crippen LogP contribution in [0.25, 0.3) is 0 Å². The number of aromatic nitrogens is 2. The molecule has 0 unspecified atom stereocenters. The number of hydrogen-bond acceptors (Lipinski definition) is 2. The summed E-state index contributed by atoms with van der Waals surface area (Å²) in [5, 5.41) is 11.9. The fourth-order valence-electron chi connectivity index (χ4n) is 0.293. The van der Waals surface area contributed by atoms with Crippen molar-refractivity contribution in [3.63, 3.8) is 0 Å². The summed E-state index contributed by atoms with van der Waals surface area (Å²) < 4.78 is 0.634. The SMILES string of the molecule is On1ccc(Br)n1. The third kappa shape index (κ3) is 0.928. The molecule has 4 heteroatoms. The zero-order valence-corrected chi connectivity index (χ0v) is 4.96. The lowest BCUT2D eigenvalue weighted by atomic mass is 10.8. The van der Waals surface area contributed by atoms with E-state index < -0.39 is 0 Å². The minimum absolute atomic E-state index is 0.634. The van der Waals surface area contributed by atoms with E-state index in [1.807, 2.05) is 0 Å². The highest BCUT2D eigenvalue weighted by atomic mass is 79.9. The van der Waals surface area contributed by atoms with Crippen LogP contribution < -0.4 is 0 Å². The van der Waals surface area contributed by atoms with Crippen molar-refractivity contribution in [2.24, 2.45) is 0 Å². The molecule has 1 aromatic heterocycles. The third-order valence-electron chi connectivity index (χ3n) is 0.543. The Balaban J connectivity index is 3.04. The number of halogens is 1. The van der Waals surface area contributed by atoms with Crippen molar-refractivity contribution in [2.75, 3.05) is 0 Å². The van der Waals surface area contributed by atoms with Crippen LogP contribution in [0.15, 0.2) is 16.9 Å². The Morgan fingerprint density at radius 1 is 1.86 bits per heavy atom. The topological polar surface area (TPSA) is 38.0 Å². The van der Waals surface area contributed by atoms with E-state index in [2.05, 4.69) is 21.0 Å². The van der Waals surface area contributed by atoms with Crippen molar-refractivity contribution in [3.8, 4) is 0 Å². The van der Waals surface area contributed by atoms with Crippen molar-refractivity contribution in [3.05, 3.63) is 16.9 Å². The third-order valence-corrected chi connectivity index (χ3v) is 0.966. The van der Waals surface area contributed by atoms with Crippen molar-refractivity contribution in [1.29, 1.82) is 0 Å². The summed E-state index contributed by atoms with van der Waals surface area (Å²) in [4.78, 5) is 0.740. The van der Waals surface area contributed by atoms with Crippen LogP contribution in [0, 0.1) is 0 Å². The Bertz CT molecular complexity index is 145. The fourth-order valence-corrected chi connectivity index (χ4v) is 0.573. The van der Waals surface area contributed by atoms with Gasteiger partial charge in [-0.2, -0.15) is 0 Å². The highest BCUT2D eigenvalue weighted by Gasteiger charge is 1.86. The molecule has 0 bridgehead atoms. The standard InChI is InChI=1S/C3H3BrN2O/c4-3-1-2-6(7)5-3/h1-2,7H. The van der Waals surface area contributed by atoms with E-state index in [1.165, 1.54) is 6.20 Å². The second kappa shape index (κ2) is 1.54. The second-order valence-electron chi connectivity index (χ2n) is 1.06. The molecule has 1 aromatic rings. The normalized spacial score (nSPS) is 9.29. The Labute approximate surface area is 48.7 Å². The van der Waals surface area contributed by atoms with Gasteiger partial charge >= 0.3 is 0 Å². The number of hydrogen-bond donors (Lipinski definition) is 1. The van der Waals surface area contributed by atoms with E-state index in [-0.39, 0.29) is 0 Å². The van der Waals surface area contributed by atoms with E-state index in [9.17, 15) is 0 Å². The molecule has 0 spiro atoms. The van der Waals surface area contributed by atoms with E-state index in [1.54, 1.807) is 6.07 Å². The Hall–Kier alpha value is -0.510. The van der Waals surface area contributed by atoms with Gasteiger partial charge in [0, 0.05) is 0 Å². The van der Waals surface area contributed by atoms with Crippen molar-refractivity contribution in [2.45, 2.75) is 0 Å². The maximum atomic E-state index is 8.43. The molecule has 0 atom stereocenters. The van der Waals surface area contributed by atoms with Crippen LogP contribution in [0.3, 0.4) is 0 Å². The van der Waals surface area contributed by atoms with Gasteiger partial charge in [0.2, 0.25) is 0 Å². The van der Waals surface area contributed by atoms with Gasteiger partial charge in [-0.05, 0) is 22.0 Å². The van der Waals surface area contributed by atoms with Crippen molar-refractivity contribution in [1.82, 2.24) is 9.94 Å². The van der Waals surface area contributed by atoms with Crippen molar-refractivity contribution < 1.29 is 5.21 Å². The zero-order valence-electron chi connectivity index (χ0n) is 3.37. The quantitative estimate of drug-likeness (QED) is 0.576. The van der Waals surface area contributed by atoms with Gasteiger partial charge in [0.25, 0.3) is 0 Å². The second-order valence-corrected chi connectivity index (χ2v) is 1.87. The molecule has 1 rings (SSSR count). The van der Waals surface area contributed by atoms with Gasteiger partial charge in [0.15, 0.2) is 0 Å². The first kappa shape index (κ1) is 4.64. The molecule has 38 valence electrons. The van der Waals surface area contributed by atoms with Crippen molar-refractivity contribution >= 4 is 15.9 Å². The van der Waals surface area contributed by atoms with Crippen LogP contribution in [0.5, 0.6) is 0 Å². The molecule has 0 saturated heterocycles. The highest BCUT2D eigenvalue weighted by molar-refractivity contribution is 9.10. The van der Waals surface area contributed by atoms with Crippen LogP contribution in [0.4, 0.5) is 0 Å². The van der Waals surface area contributed by atoms with Gasteiger partial charge < -0.3 is 5.21 Å². The minimum atomic E-state index is 0.634. The lowest BCUT2D eigenvalue weighted by Gasteiger charge is -1.78. The average molecular weight is 163 g/mol. The molecule has 0 aliphatic rings. The maximum Gasteiger partial charge on any atom is 0.131 e. The summed E-state index contributed by atoms with van der Waals surface area (Å²) in [5.41, 5.74) is 0. The van der Waals surface area contributed by atoms with Gasteiger partial charge in [-0.25, -0.2) is 0 Å². The van der Waals surface area contributed by atoms with E-state index in [0.717, 1.165) is 4.85 Å². The molecule has 0 aromatic carbocycles. The van der Waals surface area contributed by atoms with Crippen LogP contribution in [-0.2, 0) is 0 Å². The summed E-state index contributed by atoms with van der Waals surface area (Å²) in [6.07, 6.45) is 1.43. The van der Waals surface area contributed by atoms with Crippen LogP contribution in [0.1, 0.15) is 0 Å². The largest absolute Gasteiger partial charge is 0.412 e. The van der Waals surface area contributed by atoms with Crippen LogP contribution in [-0.4, -0.2) is 15.2 Å². The Kier molecular flexibility index (Phi) is 1.02. The molecular formula is C3H3BrN2O. The molecular weight excluding hydrogens is 160 g/mol. The lowest BCUT2D eigenvalue weighted by Crippen LogP contribution is -1.87. The molecule has 0 saturated carbocycles. The van der Waals surface area contributed by atoms with E-state index >= 15 is 0 Å². The summed E-state index contributed by atoms with van der Waals surface area (Å²) >= 11 is 3.04. The monoisotopic (exact) mass is 162 g/mol. The summed E-state index contributed by atoms with van der Waals surface area (Å²) in [5.74, 6) is 0. The van der Waals surface area contributed by atoms with Gasteiger partial charge in [-0.15, -0.1) is 9.94 Å². The molecule has 0 aliphatic heterocycles. The number of nitrogens with zero attached hydrogens (tertiary/aromatic N) is 2. The van der Waals surface area contributed by atoms with Crippen LogP contribution >= 0.6 is 15.9 Å². The summed E-state index contributed by atoms with van der Waals surface area (Å²) in [6.45, 7) is 0. The Morgan fingerprint density at radius 3 is 2.71 bits per heavy atom.